The SMILES string of the molecule is N#Cc1cnc(Cl)c(C(O)C(O)CCNC(=O)OCC2c3ccccc3-c3ccccc32)c1. The summed E-state index contributed by atoms with van der Waals surface area (Å²) in [5.41, 5.74) is 4.91. The van der Waals surface area contributed by atoms with Crippen molar-refractivity contribution in [3.05, 3.63) is 88.2 Å². The summed E-state index contributed by atoms with van der Waals surface area (Å²) in [7, 11) is 0. The van der Waals surface area contributed by atoms with Gasteiger partial charge in [-0.15, -0.1) is 0 Å². The van der Waals surface area contributed by atoms with E-state index in [1.165, 1.54) is 12.3 Å². The minimum Gasteiger partial charge on any atom is -0.449 e. The largest absolute Gasteiger partial charge is 0.449 e. The van der Waals surface area contributed by atoms with Crippen molar-refractivity contribution in [1.29, 1.82) is 5.26 Å². The number of amides is 1. The molecule has 2 unspecified atom stereocenters. The van der Waals surface area contributed by atoms with Crippen LogP contribution in [0.2, 0.25) is 5.15 Å². The molecule has 0 saturated heterocycles. The van der Waals surface area contributed by atoms with E-state index >= 15 is 0 Å². The number of ether oxygens (including phenoxy) is 1. The second-order valence-corrected chi connectivity index (χ2v) is 8.13. The number of nitrogens with zero attached hydrogens (tertiary/aromatic N) is 2. The van der Waals surface area contributed by atoms with Crippen molar-refractivity contribution in [3.63, 3.8) is 0 Å². The van der Waals surface area contributed by atoms with Gasteiger partial charge in [-0.25, -0.2) is 9.78 Å². The van der Waals surface area contributed by atoms with Gasteiger partial charge in [0.2, 0.25) is 0 Å². The van der Waals surface area contributed by atoms with E-state index in [0.717, 1.165) is 22.3 Å². The van der Waals surface area contributed by atoms with Gasteiger partial charge in [-0.3, -0.25) is 0 Å². The highest BCUT2D eigenvalue weighted by atomic mass is 35.5. The number of pyridine rings is 1. The first-order chi connectivity index (χ1) is 16.0. The van der Waals surface area contributed by atoms with Crippen molar-refractivity contribution in [2.24, 2.45) is 0 Å². The monoisotopic (exact) mass is 463 g/mol. The number of fused-ring (bicyclic) bond motifs is 3. The average Bonchev–Trinajstić information content (AvgIpc) is 3.16. The normalized spacial score (nSPS) is 14.0. The molecule has 3 aromatic rings. The van der Waals surface area contributed by atoms with Gasteiger partial charge in [0.1, 0.15) is 23.9 Å². The van der Waals surface area contributed by atoms with Crippen molar-refractivity contribution in [2.75, 3.05) is 13.2 Å². The minimum absolute atomic E-state index is 0.00467. The molecule has 168 valence electrons. The molecule has 8 heteroatoms. The topological polar surface area (TPSA) is 115 Å². The molecule has 0 bridgehead atoms. The molecule has 1 aliphatic rings. The van der Waals surface area contributed by atoms with Crippen LogP contribution in [-0.2, 0) is 4.74 Å². The Hall–Kier alpha value is -3.44. The first-order valence-corrected chi connectivity index (χ1v) is 10.9. The maximum Gasteiger partial charge on any atom is 0.407 e. The van der Waals surface area contributed by atoms with Gasteiger partial charge < -0.3 is 20.3 Å². The maximum atomic E-state index is 12.2. The van der Waals surface area contributed by atoms with Gasteiger partial charge in [-0.2, -0.15) is 5.26 Å². The highest BCUT2D eigenvalue weighted by Gasteiger charge is 2.29. The Labute approximate surface area is 196 Å². The number of aliphatic hydroxyl groups excluding tert-OH is 2. The molecule has 2 aromatic carbocycles. The summed E-state index contributed by atoms with van der Waals surface area (Å²) >= 11 is 5.97. The second kappa shape index (κ2) is 10.0. The van der Waals surface area contributed by atoms with E-state index in [1.807, 2.05) is 42.5 Å². The third kappa shape index (κ3) is 4.83. The van der Waals surface area contributed by atoms with E-state index < -0.39 is 18.3 Å². The Balaban J connectivity index is 1.30. The molecule has 1 heterocycles. The summed E-state index contributed by atoms with van der Waals surface area (Å²) in [4.78, 5) is 16.1. The van der Waals surface area contributed by atoms with E-state index in [-0.39, 0.29) is 41.8 Å². The summed E-state index contributed by atoms with van der Waals surface area (Å²) in [6.45, 7) is 0.269. The van der Waals surface area contributed by atoms with Crippen LogP contribution in [-0.4, -0.2) is 40.5 Å². The maximum absolute atomic E-state index is 12.2. The van der Waals surface area contributed by atoms with Gasteiger partial charge >= 0.3 is 6.09 Å². The van der Waals surface area contributed by atoms with Crippen LogP contribution in [0.4, 0.5) is 4.79 Å². The summed E-state index contributed by atoms with van der Waals surface area (Å²) < 4.78 is 5.45. The van der Waals surface area contributed by atoms with Gasteiger partial charge in [0, 0.05) is 24.2 Å². The number of alkyl carbamates (subject to hydrolysis) is 1. The predicted octanol–water partition coefficient (Wildman–Crippen LogP) is 3.93. The van der Waals surface area contributed by atoms with Crippen LogP contribution in [0, 0.1) is 11.3 Å². The molecule has 2 atom stereocenters. The van der Waals surface area contributed by atoms with Crippen LogP contribution in [0.3, 0.4) is 0 Å². The van der Waals surface area contributed by atoms with E-state index in [2.05, 4.69) is 22.4 Å². The van der Waals surface area contributed by atoms with Crippen LogP contribution in [0.1, 0.15) is 40.7 Å². The van der Waals surface area contributed by atoms with Gasteiger partial charge in [0.15, 0.2) is 0 Å². The Morgan fingerprint density at radius 3 is 2.42 bits per heavy atom. The summed E-state index contributed by atoms with van der Waals surface area (Å²) in [6, 6.07) is 19.4. The third-order valence-electron chi connectivity index (χ3n) is 5.73. The van der Waals surface area contributed by atoms with Crippen LogP contribution < -0.4 is 5.32 Å². The third-order valence-corrected chi connectivity index (χ3v) is 6.05. The number of hydrogen-bond donors (Lipinski definition) is 3. The van der Waals surface area contributed by atoms with Crippen LogP contribution in [0.15, 0.2) is 60.8 Å². The molecule has 3 N–H and O–H groups in total. The molecule has 1 amide bonds. The molecule has 0 saturated carbocycles. The molecule has 0 fully saturated rings. The molecule has 0 aliphatic heterocycles. The number of carbonyl (C=O) groups is 1. The number of hydrogen-bond acceptors (Lipinski definition) is 6. The van der Waals surface area contributed by atoms with Gasteiger partial charge in [0.25, 0.3) is 0 Å². The summed E-state index contributed by atoms with van der Waals surface area (Å²) in [6.07, 6.45) is -1.83. The van der Waals surface area contributed by atoms with Crippen LogP contribution in [0.5, 0.6) is 0 Å². The molecule has 1 aliphatic carbocycles. The highest BCUT2D eigenvalue weighted by Crippen LogP contribution is 2.44. The average molecular weight is 464 g/mol. The van der Waals surface area contributed by atoms with Crippen molar-refractivity contribution in [2.45, 2.75) is 24.5 Å². The predicted molar refractivity (Wildman–Crippen MR) is 123 cm³/mol. The van der Waals surface area contributed by atoms with Crippen molar-refractivity contribution in [1.82, 2.24) is 10.3 Å². The Bertz CT molecular complexity index is 1160. The first-order valence-electron chi connectivity index (χ1n) is 10.5. The van der Waals surface area contributed by atoms with E-state index in [1.54, 1.807) is 0 Å². The lowest BCUT2D eigenvalue weighted by atomic mass is 9.98. The van der Waals surface area contributed by atoms with Crippen molar-refractivity contribution in [3.8, 4) is 17.2 Å². The number of rotatable bonds is 7. The van der Waals surface area contributed by atoms with E-state index in [9.17, 15) is 15.0 Å². The van der Waals surface area contributed by atoms with Crippen molar-refractivity contribution >= 4 is 17.7 Å². The Morgan fingerprint density at radius 2 is 1.79 bits per heavy atom. The lowest BCUT2D eigenvalue weighted by molar-refractivity contribution is 0.0135. The van der Waals surface area contributed by atoms with Gasteiger partial charge in [-0.05, 0) is 34.7 Å². The molecule has 0 spiro atoms. The number of nitriles is 1. The lowest BCUT2D eigenvalue weighted by Crippen LogP contribution is -2.30. The zero-order valence-corrected chi connectivity index (χ0v) is 18.4. The van der Waals surface area contributed by atoms with E-state index in [4.69, 9.17) is 21.6 Å². The fourth-order valence-corrected chi connectivity index (χ4v) is 4.29. The van der Waals surface area contributed by atoms with Gasteiger partial charge in [-0.1, -0.05) is 60.1 Å². The number of aromatic nitrogens is 1. The molecular weight excluding hydrogens is 442 g/mol. The Morgan fingerprint density at radius 1 is 1.15 bits per heavy atom. The fraction of sp³-hybridized carbons (Fsp3) is 0.240. The molecule has 33 heavy (non-hydrogen) atoms. The standard InChI is InChI=1S/C25H22ClN3O4/c26-24-20(11-15(12-27)13-29-24)23(31)22(30)9-10-28-25(32)33-14-21-18-7-3-1-5-16(18)17-6-2-4-8-19(17)21/h1-8,11,13,21-23,30-31H,9-10,14H2,(H,28,32). The lowest BCUT2D eigenvalue weighted by Gasteiger charge is -2.19. The molecule has 0 radical (unpaired) electrons. The molecule has 1 aromatic heterocycles. The first kappa shape index (κ1) is 22.7. The van der Waals surface area contributed by atoms with Crippen molar-refractivity contribution < 1.29 is 19.7 Å². The molecule has 7 nitrogen and oxygen atoms in total. The summed E-state index contributed by atoms with van der Waals surface area (Å²) in [5, 5.41) is 32.2. The minimum atomic E-state index is -1.34. The van der Waals surface area contributed by atoms with Gasteiger partial charge in [0.05, 0.1) is 11.7 Å². The fourth-order valence-electron chi connectivity index (χ4n) is 4.07. The van der Waals surface area contributed by atoms with Crippen LogP contribution >= 0.6 is 11.6 Å². The number of carbonyl (C=O) groups excluding carboxylic acids is 1. The quantitative estimate of drug-likeness (QED) is 0.457. The summed E-state index contributed by atoms with van der Waals surface area (Å²) in [5.74, 6) is -0.0439. The Kier molecular flexibility index (Phi) is 6.90. The number of aliphatic hydroxyl groups is 2. The molecule has 4 rings (SSSR count). The number of benzene rings is 2. The zero-order valence-electron chi connectivity index (χ0n) is 17.6. The van der Waals surface area contributed by atoms with E-state index in [0.29, 0.717) is 0 Å². The zero-order chi connectivity index (χ0) is 23.4. The smallest absolute Gasteiger partial charge is 0.407 e. The number of halogens is 1. The second-order valence-electron chi connectivity index (χ2n) is 7.77. The number of nitrogens with one attached hydrogen (secondary N) is 1. The van der Waals surface area contributed by atoms with Crippen LogP contribution in [0.25, 0.3) is 11.1 Å². The molecular formula is C25H22ClN3O4. The highest BCUT2D eigenvalue weighted by molar-refractivity contribution is 6.30.